The zero-order valence-corrected chi connectivity index (χ0v) is 11.3. The van der Waals surface area contributed by atoms with E-state index in [0.717, 1.165) is 4.90 Å². The molecule has 0 saturated carbocycles. The molecule has 0 aromatic rings. The molecule has 1 saturated heterocycles. The molecule has 2 atom stereocenters. The first kappa shape index (κ1) is 15.3. The van der Waals surface area contributed by atoms with Crippen LogP contribution >= 0.6 is 0 Å². The smallest absolute Gasteiger partial charge is 0.410 e. The van der Waals surface area contributed by atoms with Gasteiger partial charge in [0.2, 0.25) is 0 Å². The number of ether oxygens (including phenoxy) is 1. The summed E-state index contributed by atoms with van der Waals surface area (Å²) in [6.45, 7) is 5.04. The summed E-state index contributed by atoms with van der Waals surface area (Å²) in [6.07, 6.45) is -0.644. The third-order valence-corrected chi connectivity index (χ3v) is 2.80. The van der Waals surface area contributed by atoms with Gasteiger partial charge in [0.1, 0.15) is 5.60 Å². The SMILES string of the molecule is CC(C)(C)OC(=O)N1C[C@@H](C(=O)O)C[C@H](C(=O)O)C1. The highest BCUT2D eigenvalue weighted by Crippen LogP contribution is 2.24. The Labute approximate surface area is 111 Å². The van der Waals surface area contributed by atoms with Crippen molar-refractivity contribution in [2.45, 2.75) is 32.8 Å². The van der Waals surface area contributed by atoms with Crippen LogP contribution in [-0.2, 0) is 14.3 Å². The maximum atomic E-state index is 11.9. The molecule has 7 heteroatoms. The lowest BCUT2D eigenvalue weighted by molar-refractivity contribution is -0.149. The van der Waals surface area contributed by atoms with Gasteiger partial charge in [0.05, 0.1) is 11.8 Å². The Morgan fingerprint density at radius 2 is 1.47 bits per heavy atom. The second-order valence-electron chi connectivity index (χ2n) is 5.69. The fourth-order valence-corrected chi connectivity index (χ4v) is 1.93. The molecule has 108 valence electrons. The molecule has 19 heavy (non-hydrogen) atoms. The Morgan fingerprint density at radius 3 is 1.79 bits per heavy atom. The van der Waals surface area contributed by atoms with E-state index < -0.39 is 35.5 Å². The maximum Gasteiger partial charge on any atom is 0.410 e. The number of hydrogen-bond donors (Lipinski definition) is 2. The molecule has 7 nitrogen and oxygen atoms in total. The molecule has 2 N–H and O–H groups in total. The monoisotopic (exact) mass is 273 g/mol. The summed E-state index contributed by atoms with van der Waals surface area (Å²) in [5, 5.41) is 18.0. The van der Waals surface area contributed by atoms with Crippen LogP contribution in [0.25, 0.3) is 0 Å². The first-order valence-electron chi connectivity index (χ1n) is 6.03. The second kappa shape index (κ2) is 5.46. The Kier molecular flexibility index (Phi) is 4.39. The molecular weight excluding hydrogens is 254 g/mol. The lowest BCUT2D eigenvalue weighted by Gasteiger charge is -2.35. The quantitative estimate of drug-likeness (QED) is 0.778. The molecule has 1 fully saturated rings. The summed E-state index contributed by atoms with van der Waals surface area (Å²) < 4.78 is 5.13. The lowest BCUT2D eigenvalue weighted by atomic mass is 9.89. The Bertz CT molecular complexity index is 364. The highest BCUT2D eigenvalue weighted by atomic mass is 16.6. The van der Waals surface area contributed by atoms with E-state index in [-0.39, 0.29) is 19.5 Å². The molecule has 0 bridgehead atoms. The summed E-state index contributed by atoms with van der Waals surface area (Å²) in [5.41, 5.74) is -0.702. The number of carboxylic acid groups (broad SMARTS) is 2. The van der Waals surface area contributed by atoms with Gasteiger partial charge in [-0.2, -0.15) is 0 Å². The molecule has 0 aliphatic carbocycles. The molecule has 0 aromatic heterocycles. The number of carboxylic acids is 2. The van der Waals surface area contributed by atoms with Gasteiger partial charge in [-0.25, -0.2) is 4.79 Å². The first-order chi connectivity index (χ1) is 8.60. The summed E-state index contributed by atoms with van der Waals surface area (Å²) >= 11 is 0. The van der Waals surface area contributed by atoms with Crippen LogP contribution in [0.1, 0.15) is 27.2 Å². The van der Waals surface area contributed by atoms with Crippen molar-refractivity contribution in [2.75, 3.05) is 13.1 Å². The van der Waals surface area contributed by atoms with E-state index >= 15 is 0 Å². The minimum atomic E-state index is -1.10. The lowest BCUT2D eigenvalue weighted by Crippen LogP contribution is -2.49. The average Bonchev–Trinajstić information content (AvgIpc) is 2.25. The molecule has 1 amide bonds. The highest BCUT2D eigenvalue weighted by molar-refractivity contribution is 5.77. The third-order valence-electron chi connectivity index (χ3n) is 2.80. The Morgan fingerprint density at radius 1 is 1.05 bits per heavy atom. The molecule has 1 aliphatic heterocycles. The summed E-state index contributed by atoms with van der Waals surface area (Å²) in [5.74, 6) is -3.94. The van der Waals surface area contributed by atoms with Crippen LogP contribution in [0.3, 0.4) is 0 Å². The standard InChI is InChI=1S/C12H19NO6/c1-12(2,3)19-11(18)13-5-7(9(14)15)4-8(6-13)10(16)17/h7-8H,4-6H2,1-3H3,(H,14,15)(H,16,17)/t7-,8-/m0/s1. The fourth-order valence-electron chi connectivity index (χ4n) is 1.93. The van der Waals surface area contributed by atoms with Gasteiger partial charge in [-0.15, -0.1) is 0 Å². The first-order valence-corrected chi connectivity index (χ1v) is 6.03. The minimum Gasteiger partial charge on any atom is -0.481 e. The summed E-state index contributed by atoms with van der Waals surface area (Å²) in [7, 11) is 0. The second-order valence-corrected chi connectivity index (χ2v) is 5.69. The van der Waals surface area contributed by atoms with Crippen molar-refractivity contribution in [1.29, 1.82) is 0 Å². The fraction of sp³-hybridized carbons (Fsp3) is 0.750. The van der Waals surface area contributed by atoms with E-state index in [4.69, 9.17) is 14.9 Å². The van der Waals surface area contributed by atoms with Crippen molar-refractivity contribution in [3.63, 3.8) is 0 Å². The van der Waals surface area contributed by atoms with Crippen LogP contribution in [0.15, 0.2) is 0 Å². The Balaban J connectivity index is 2.79. The molecule has 1 aliphatic rings. The zero-order chi connectivity index (χ0) is 14.8. The molecule has 0 spiro atoms. The number of carbonyl (C=O) groups excluding carboxylic acids is 1. The van der Waals surface area contributed by atoms with Gasteiger partial charge in [-0.3, -0.25) is 9.59 Å². The van der Waals surface area contributed by atoms with Crippen LogP contribution in [-0.4, -0.2) is 51.8 Å². The normalized spacial score (nSPS) is 23.8. The number of hydrogen-bond acceptors (Lipinski definition) is 4. The molecule has 1 heterocycles. The van der Waals surface area contributed by atoms with E-state index in [1.807, 2.05) is 0 Å². The molecule has 0 radical (unpaired) electrons. The van der Waals surface area contributed by atoms with Crippen molar-refractivity contribution in [3.05, 3.63) is 0 Å². The van der Waals surface area contributed by atoms with E-state index in [1.54, 1.807) is 20.8 Å². The van der Waals surface area contributed by atoms with E-state index in [1.165, 1.54) is 0 Å². The molecule has 1 rings (SSSR count). The molecule has 0 unspecified atom stereocenters. The number of aliphatic carboxylic acids is 2. The van der Waals surface area contributed by atoms with Crippen molar-refractivity contribution in [3.8, 4) is 0 Å². The highest BCUT2D eigenvalue weighted by Gasteiger charge is 2.38. The van der Waals surface area contributed by atoms with Gasteiger partial charge in [0, 0.05) is 13.1 Å². The number of carbonyl (C=O) groups is 3. The van der Waals surface area contributed by atoms with Crippen LogP contribution in [0.2, 0.25) is 0 Å². The van der Waals surface area contributed by atoms with Gasteiger partial charge >= 0.3 is 18.0 Å². The van der Waals surface area contributed by atoms with Gasteiger partial charge in [-0.05, 0) is 27.2 Å². The van der Waals surface area contributed by atoms with Crippen LogP contribution < -0.4 is 0 Å². The predicted octanol–water partition coefficient (Wildman–Crippen LogP) is 1.03. The summed E-state index contributed by atoms with van der Waals surface area (Å²) in [6, 6.07) is 0. The molecule has 0 aromatic carbocycles. The number of likely N-dealkylation sites (tertiary alicyclic amines) is 1. The van der Waals surface area contributed by atoms with Crippen molar-refractivity contribution < 1.29 is 29.3 Å². The number of nitrogens with zero attached hydrogens (tertiary/aromatic N) is 1. The topological polar surface area (TPSA) is 104 Å². The zero-order valence-electron chi connectivity index (χ0n) is 11.3. The van der Waals surface area contributed by atoms with Crippen LogP contribution in [0.4, 0.5) is 4.79 Å². The largest absolute Gasteiger partial charge is 0.481 e. The Hall–Kier alpha value is -1.79. The van der Waals surface area contributed by atoms with Gasteiger partial charge in [0.25, 0.3) is 0 Å². The van der Waals surface area contributed by atoms with E-state index in [2.05, 4.69) is 0 Å². The summed E-state index contributed by atoms with van der Waals surface area (Å²) in [4.78, 5) is 35.0. The van der Waals surface area contributed by atoms with Crippen molar-refractivity contribution in [2.24, 2.45) is 11.8 Å². The van der Waals surface area contributed by atoms with Crippen molar-refractivity contribution >= 4 is 18.0 Å². The van der Waals surface area contributed by atoms with Gasteiger partial charge < -0.3 is 19.8 Å². The third kappa shape index (κ3) is 4.42. The van der Waals surface area contributed by atoms with Gasteiger partial charge in [0.15, 0.2) is 0 Å². The van der Waals surface area contributed by atoms with Crippen LogP contribution in [0.5, 0.6) is 0 Å². The van der Waals surface area contributed by atoms with E-state index in [0.29, 0.717) is 0 Å². The minimum absolute atomic E-state index is 0.0198. The van der Waals surface area contributed by atoms with Crippen molar-refractivity contribution in [1.82, 2.24) is 4.90 Å². The maximum absolute atomic E-state index is 11.9. The van der Waals surface area contributed by atoms with Crippen LogP contribution in [0, 0.1) is 11.8 Å². The van der Waals surface area contributed by atoms with Gasteiger partial charge in [-0.1, -0.05) is 0 Å². The van der Waals surface area contributed by atoms with E-state index in [9.17, 15) is 14.4 Å². The molecular formula is C12H19NO6. The number of rotatable bonds is 2. The number of piperidine rings is 1. The average molecular weight is 273 g/mol. The predicted molar refractivity (Wildman–Crippen MR) is 64.7 cm³/mol. The number of amides is 1.